The summed E-state index contributed by atoms with van der Waals surface area (Å²) in [6, 6.07) is 0.925. The number of likely N-dealkylation sites (tertiary alicyclic amines) is 1. The first-order valence-corrected chi connectivity index (χ1v) is 40.9. The largest absolute Gasteiger partial charge is 0.481 e. The maximum absolute atomic E-state index is 14.8. The highest BCUT2D eigenvalue weighted by atomic mass is 16.4. The molecule has 2 aliphatic rings. The molecule has 688 valence electrons. The van der Waals surface area contributed by atoms with Crippen LogP contribution in [-0.2, 0) is 115 Å². The zero-order chi connectivity index (χ0) is 93.3. The Balaban J connectivity index is 1.34. The van der Waals surface area contributed by atoms with Crippen molar-refractivity contribution in [2.45, 2.75) is 227 Å². The standard InChI is InChI=1S/C81H113N19O26/c1-43(2)34-52(73(118)98-56(39-64(106)107)76(121)91-49(24-13-14-30-82)70(115)96-55(38-63(104)105)68(113)87-42-61(101)89-59(80(125)126)37-47-22-11-6-12-23-47)93-74(119)53(35-45-18-7-4-8-19-45)94-71(116)50(26-16-32-86-81(83)84)90-67(112)44(3)88-78(123)60-27-17-33-100(60)79(124)58(41-66(110)111)99-75(120)54(36-46-20-9-5-10-21-46)95-77(122)57(40-65(108)109)97-72(117)51(28-29-62(102)103)92-69(114)48-25-15-31-85-48/h4-12,18-23,43-44,48-60,85H,13-17,24-42,82H2,1-3H3,(H,87,113)(H,88,123)(H,89,101)(H,90,112)(H,91,121)(H,92,114)(H,93,119)(H,94,116)(H,95,122)(H,96,115)(H,97,117)(H,98,118)(H,99,120)(H,102,103)(H,104,105)(H,106,107)(H,108,109)(H,110,111)(H,125,126)(H4,83,84,86)/t44-,48-,49-,50-,51-,52-,53-,54-,55-,56-,57-,58-,59-,60-/m0/s1. The summed E-state index contributed by atoms with van der Waals surface area (Å²) in [7, 11) is 0. The van der Waals surface area contributed by atoms with Gasteiger partial charge < -0.3 is 127 Å². The molecule has 126 heavy (non-hydrogen) atoms. The molecule has 14 atom stereocenters. The summed E-state index contributed by atoms with van der Waals surface area (Å²) in [5.74, 6) is -25.7. The number of benzene rings is 3. The molecule has 5 rings (SSSR count). The van der Waals surface area contributed by atoms with Gasteiger partial charge in [-0.15, -0.1) is 0 Å². The fourth-order valence-electron chi connectivity index (χ4n) is 13.6. The monoisotopic (exact) mass is 1770 g/mol. The molecule has 2 aliphatic heterocycles. The Kier molecular flexibility index (Phi) is 43.0. The topological polar surface area (TPSA) is 722 Å². The average molecular weight is 1770 g/mol. The summed E-state index contributed by atoms with van der Waals surface area (Å²) in [6.45, 7) is 3.86. The summed E-state index contributed by atoms with van der Waals surface area (Å²) in [5.41, 5.74) is 12.6. The van der Waals surface area contributed by atoms with Crippen LogP contribution in [0.15, 0.2) is 91.0 Å². The van der Waals surface area contributed by atoms with Crippen LogP contribution in [-0.4, -0.2) is 277 Å². The van der Waals surface area contributed by atoms with Gasteiger partial charge in [-0.05, 0) is 113 Å². The Morgan fingerprint density at radius 1 is 0.421 bits per heavy atom. The highest BCUT2D eigenvalue weighted by Gasteiger charge is 2.43. The smallest absolute Gasteiger partial charge is 0.326 e. The molecular formula is C81H113N19O26. The van der Waals surface area contributed by atoms with Gasteiger partial charge in [-0.2, -0.15) is 0 Å². The number of nitrogens with two attached hydrogens (primary N) is 2. The molecule has 26 N–H and O–H groups in total. The fraction of sp³-hybridized carbons (Fsp3) is 0.519. The van der Waals surface area contributed by atoms with E-state index >= 15 is 0 Å². The second kappa shape index (κ2) is 52.7. The van der Waals surface area contributed by atoms with E-state index in [1.165, 1.54) is 19.1 Å². The van der Waals surface area contributed by atoms with Gasteiger partial charge in [0.2, 0.25) is 82.7 Å². The highest BCUT2D eigenvalue weighted by Crippen LogP contribution is 2.21. The normalized spacial score (nSPS) is 16.2. The third-order valence-corrected chi connectivity index (χ3v) is 20.0. The Morgan fingerprint density at radius 3 is 1.27 bits per heavy atom. The number of carboxylic acids is 6. The predicted molar refractivity (Wildman–Crippen MR) is 443 cm³/mol. The number of carbonyl (C=O) groups is 20. The van der Waals surface area contributed by atoms with E-state index in [2.05, 4.69) is 79.8 Å². The van der Waals surface area contributed by atoms with Crippen LogP contribution in [0.5, 0.6) is 0 Å². The van der Waals surface area contributed by atoms with E-state index in [0.717, 1.165) is 4.90 Å². The number of rotatable bonds is 55. The van der Waals surface area contributed by atoms with Crippen molar-refractivity contribution < 1.29 is 127 Å². The zero-order valence-corrected chi connectivity index (χ0v) is 69.7. The molecule has 0 unspecified atom stereocenters. The average Bonchev–Trinajstić information content (AvgIpc) is 1.55. The van der Waals surface area contributed by atoms with Gasteiger partial charge in [0.1, 0.15) is 78.5 Å². The molecule has 0 spiro atoms. The fourth-order valence-corrected chi connectivity index (χ4v) is 13.6. The first kappa shape index (κ1) is 103. The van der Waals surface area contributed by atoms with Crippen LogP contribution in [0, 0.1) is 11.3 Å². The molecule has 0 radical (unpaired) electrons. The van der Waals surface area contributed by atoms with Gasteiger partial charge in [-0.25, -0.2) is 4.79 Å². The van der Waals surface area contributed by atoms with E-state index in [1.54, 1.807) is 92.7 Å². The molecule has 45 nitrogen and oxygen atoms in total. The highest BCUT2D eigenvalue weighted by molar-refractivity contribution is 6.02. The molecule has 0 aromatic heterocycles. The Bertz CT molecular complexity index is 4330. The molecule has 3 aromatic rings. The van der Waals surface area contributed by atoms with Gasteiger partial charge in [0.25, 0.3) is 0 Å². The number of aliphatic carboxylic acids is 6. The number of carboxylic acid groups (broad SMARTS) is 6. The number of amides is 14. The number of hydrogen-bond donors (Lipinski definition) is 24. The summed E-state index contributed by atoms with van der Waals surface area (Å²) in [4.78, 5) is 272. The van der Waals surface area contributed by atoms with Gasteiger partial charge in [-0.3, -0.25) is 96.5 Å². The number of carbonyl (C=O) groups excluding carboxylic acids is 14. The van der Waals surface area contributed by atoms with Crippen LogP contribution in [0.1, 0.15) is 140 Å². The minimum atomic E-state index is -2.04. The predicted octanol–water partition coefficient (Wildman–Crippen LogP) is -5.30. The number of hydrogen-bond acceptors (Lipinski definition) is 23. The van der Waals surface area contributed by atoms with Crippen molar-refractivity contribution in [1.29, 1.82) is 5.41 Å². The van der Waals surface area contributed by atoms with E-state index in [1.807, 2.05) is 0 Å². The van der Waals surface area contributed by atoms with Gasteiger partial charge in [0.05, 0.1) is 38.3 Å². The minimum absolute atomic E-state index is 0.0109. The molecule has 0 aliphatic carbocycles. The first-order chi connectivity index (χ1) is 59.7. The first-order valence-electron chi connectivity index (χ1n) is 40.9. The molecule has 3 aromatic carbocycles. The number of unbranched alkanes of at least 4 members (excludes halogenated alkanes) is 1. The van der Waals surface area contributed by atoms with Gasteiger partial charge in [0, 0.05) is 38.8 Å². The minimum Gasteiger partial charge on any atom is -0.481 e. The van der Waals surface area contributed by atoms with Crippen molar-refractivity contribution in [2.75, 3.05) is 32.7 Å². The molecule has 2 heterocycles. The molecule has 2 saturated heterocycles. The van der Waals surface area contributed by atoms with Crippen LogP contribution >= 0.6 is 0 Å². The van der Waals surface area contributed by atoms with Gasteiger partial charge in [-0.1, -0.05) is 105 Å². The quantitative estimate of drug-likeness (QED) is 0.0143. The van der Waals surface area contributed by atoms with Crippen LogP contribution < -0.4 is 91.2 Å². The van der Waals surface area contributed by atoms with Crippen molar-refractivity contribution in [3.8, 4) is 0 Å². The molecule has 0 saturated carbocycles. The lowest BCUT2D eigenvalue weighted by Gasteiger charge is -2.30. The summed E-state index contributed by atoms with van der Waals surface area (Å²) < 4.78 is 0. The number of guanidine groups is 1. The van der Waals surface area contributed by atoms with Crippen molar-refractivity contribution in [1.82, 2.24) is 84.7 Å². The van der Waals surface area contributed by atoms with E-state index in [-0.39, 0.29) is 83.8 Å². The lowest BCUT2D eigenvalue weighted by molar-refractivity contribution is -0.146. The SMILES string of the molecule is CC(C)C[C@H](NC(=O)[C@H](Cc1ccccc1)NC(=O)[C@H](CCCNC(=N)N)NC(=O)[C@H](C)NC(=O)[C@@H]1CCCN1C(=O)[C@H](CC(=O)O)NC(=O)[C@H](Cc1ccccc1)NC(=O)[C@H](CC(=O)O)NC(=O)[C@H](CCC(=O)O)NC(=O)[C@@H]1CCCN1)C(=O)N[C@@H](CC(=O)O)C(=O)N[C@@H](CCCCN)C(=O)N[C@@H](CC(=O)O)C(=O)NCC(=O)N[C@@H](Cc1ccccc1)C(=O)O. The van der Waals surface area contributed by atoms with Gasteiger partial charge in [0.15, 0.2) is 5.96 Å². The van der Waals surface area contributed by atoms with Crippen molar-refractivity contribution in [2.24, 2.45) is 17.4 Å². The zero-order valence-electron chi connectivity index (χ0n) is 69.7. The van der Waals surface area contributed by atoms with Crippen LogP contribution in [0.4, 0.5) is 0 Å². The molecule has 2 fully saturated rings. The second-order valence-corrected chi connectivity index (χ2v) is 30.6. The molecule has 45 heteroatoms. The summed E-state index contributed by atoms with van der Waals surface area (Å²) in [5, 5.41) is 103. The van der Waals surface area contributed by atoms with Crippen molar-refractivity contribution in [3.05, 3.63) is 108 Å². The molecular weight excluding hydrogens is 1650 g/mol. The molecule has 14 amide bonds. The van der Waals surface area contributed by atoms with E-state index in [0.29, 0.717) is 36.1 Å². The maximum Gasteiger partial charge on any atom is 0.326 e. The van der Waals surface area contributed by atoms with E-state index in [4.69, 9.17) is 16.9 Å². The van der Waals surface area contributed by atoms with Gasteiger partial charge >= 0.3 is 35.8 Å². The summed E-state index contributed by atoms with van der Waals surface area (Å²) >= 11 is 0. The molecule has 0 bridgehead atoms. The number of nitrogens with one attached hydrogen (secondary N) is 16. The second-order valence-electron chi connectivity index (χ2n) is 30.6. The van der Waals surface area contributed by atoms with Crippen LogP contribution in [0.3, 0.4) is 0 Å². The third kappa shape index (κ3) is 36.7. The lowest BCUT2D eigenvalue weighted by Crippen LogP contribution is -2.61. The van der Waals surface area contributed by atoms with Crippen molar-refractivity contribution in [3.63, 3.8) is 0 Å². The van der Waals surface area contributed by atoms with Crippen LogP contribution in [0.2, 0.25) is 0 Å². The van der Waals surface area contributed by atoms with E-state index < -0.39 is 266 Å². The Morgan fingerprint density at radius 2 is 0.825 bits per heavy atom. The van der Waals surface area contributed by atoms with Crippen molar-refractivity contribution >= 4 is 124 Å². The van der Waals surface area contributed by atoms with E-state index in [9.17, 15) is 127 Å². The Hall–Kier alpha value is -13.7. The third-order valence-electron chi connectivity index (χ3n) is 20.0. The maximum atomic E-state index is 14.8. The lowest BCUT2D eigenvalue weighted by atomic mass is 10.00. The van der Waals surface area contributed by atoms with Crippen LogP contribution in [0.25, 0.3) is 0 Å². The Labute approximate surface area is 723 Å². The summed E-state index contributed by atoms with van der Waals surface area (Å²) in [6.07, 6.45) is -5.90. The number of nitrogens with zero attached hydrogens (tertiary/aromatic N) is 1.